The van der Waals surface area contributed by atoms with Crippen LogP contribution in [0.1, 0.15) is 36.1 Å². The third kappa shape index (κ3) is 2.32. The molecule has 4 heteroatoms. The van der Waals surface area contributed by atoms with Gasteiger partial charge in [0.15, 0.2) is 0 Å². The van der Waals surface area contributed by atoms with Gasteiger partial charge in [0, 0.05) is 24.9 Å². The number of aliphatic hydroxyl groups is 1. The van der Waals surface area contributed by atoms with Crippen molar-refractivity contribution in [2.45, 2.75) is 39.2 Å². The van der Waals surface area contributed by atoms with Crippen LogP contribution in [0, 0.1) is 25.2 Å². The lowest BCUT2D eigenvalue weighted by molar-refractivity contribution is 0.275. The van der Waals surface area contributed by atoms with Crippen LogP contribution < -0.4 is 4.90 Å². The molecular weight excluding hydrogens is 226 g/mol. The van der Waals surface area contributed by atoms with Gasteiger partial charge in [0.25, 0.3) is 0 Å². The van der Waals surface area contributed by atoms with Gasteiger partial charge in [-0.3, -0.25) is 0 Å². The molecule has 1 unspecified atom stereocenters. The van der Waals surface area contributed by atoms with Gasteiger partial charge in [-0.1, -0.05) is 0 Å². The first-order chi connectivity index (χ1) is 8.67. The monoisotopic (exact) mass is 245 g/mol. The van der Waals surface area contributed by atoms with Gasteiger partial charge in [0.1, 0.15) is 11.9 Å². The predicted molar refractivity (Wildman–Crippen MR) is 70.5 cm³/mol. The molecule has 1 saturated heterocycles. The van der Waals surface area contributed by atoms with Crippen molar-refractivity contribution in [3.05, 3.63) is 22.9 Å². The third-order valence-electron chi connectivity index (χ3n) is 3.55. The zero-order valence-corrected chi connectivity index (χ0v) is 11.0. The van der Waals surface area contributed by atoms with Crippen molar-refractivity contribution in [2.24, 2.45) is 0 Å². The van der Waals surface area contributed by atoms with Crippen molar-refractivity contribution in [1.29, 1.82) is 5.26 Å². The Bertz CT molecular complexity index is 479. The Morgan fingerprint density at radius 3 is 3.00 bits per heavy atom. The molecule has 0 aromatic carbocycles. The highest BCUT2D eigenvalue weighted by Crippen LogP contribution is 2.30. The van der Waals surface area contributed by atoms with Crippen molar-refractivity contribution in [3.63, 3.8) is 0 Å². The van der Waals surface area contributed by atoms with E-state index in [9.17, 15) is 5.26 Å². The van der Waals surface area contributed by atoms with E-state index in [-0.39, 0.29) is 6.61 Å². The second kappa shape index (κ2) is 5.36. The summed E-state index contributed by atoms with van der Waals surface area (Å²) in [7, 11) is 0. The summed E-state index contributed by atoms with van der Waals surface area (Å²) in [6.07, 6.45) is 2.92. The standard InChI is InChI=1S/C14H19N3O/c1-10-8-11(2)16-14(13(10)9-15)17-6-3-4-12(17)5-7-18/h8,12,18H,3-7H2,1-2H3. The van der Waals surface area contributed by atoms with Gasteiger partial charge in [-0.15, -0.1) is 0 Å². The van der Waals surface area contributed by atoms with E-state index >= 15 is 0 Å². The molecule has 1 aliphatic rings. The fourth-order valence-corrected chi connectivity index (χ4v) is 2.73. The maximum absolute atomic E-state index is 9.30. The number of pyridine rings is 1. The van der Waals surface area contributed by atoms with Crippen molar-refractivity contribution >= 4 is 5.82 Å². The average molecular weight is 245 g/mol. The lowest BCUT2D eigenvalue weighted by Crippen LogP contribution is -2.31. The zero-order valence-electron chi connectivity index (χ0n) is 11.0. The van der Waals surface area contributed by atoms with Gasteiger partial charge < -0.3 is 10.0 Å². The van der Waals surface area contributed by atoms with Crippen LogP contribution in [0.25, 0.3) is 0 Å². The minimum absolute atomic E-state index is 0.188. The van der Waals surface area contributed by atoms with Crippen molar-refractivity contribution in [1.82, 2.24) is 4.98 Å². The van der Waals surface area contributed by atoms with E-state index in [1.54, 1.807) is 0 Å². The smallest absolute Gasteiger partial charge is 0.147 e. The van der Waals surface area contributed by atoms with Gasteiger partial charge >= 0.3 is 0 Å². The number of nitrogens with zero attached hydrogens (tertiary/aromatic N) is 3. The van der Waals surface area contributed by atoms with Gasteiger partial charge in [-0.05, 0) is 44.7 Å². The molecule has 1 N–H and O–H groups in total. The molecule has 96 valence electrons. The first kappa shape index (κ1) is 12.8. The second-order valence-electron chi connectivity index (χ2n) is 4.89. The lowest BCUT2D eigenvalue weighted by atomic mass is 10.1. The van der Waals surface area contributed by atoms with Gasteiger partial charge in [0.2, 0.25) is 0 Å². The molecule has 2 heterocycles. The molecule has 1 atom stereocenters. The summed E-state index contributed by atoms with van der Waals surface area (Å²) in [5.41, 5.74) is 2.59. The van der Waals surface area contributed by atoms with E-state index < -0.39 is 0 Å². The Hall–Kier alpha value is -1.60. The van der Waals surface area contributed by atoms with E-state index in [4.69, 9.17) is 5.11 Å². The number of aryl methyl sites for hydroxylation is 2. The van der Waals surface area contributed by atoms with Crippen molar-refractivity contribution in [3.8, 4) is 6.07 Å². The van der Waals surface area contributed by atoms with Gasteiger partial charge in [0.05, 0.1) is 5.56 Å². The topological polar surface area (TPSA) is 60.2 Å². The summed E-state index contributed by atoms with van der Waals surface area (Å²) >= 11 is 0. The lowest BCUT2D eigenvalue weighted by Gasteiger charge is -2.26. The Morgan fingerprint density at radius 1 is 1.56 bits per heavy atom. The van der Waals surface area contributed by atoms with Crippen LogP contribution in [0.3, 0.4) is 0 Å². The Morgan fingerprint density at radius 2 is 2.33 bits per heavy atom. The van der Waals surface area contributed by atoms with Crippen molar-refractivity contribution < 1.29 is 5.11 Å². The van der Waals surface area contributed by atoms with Gasteiger partial charge in [-0.25, -0.2) is 4.98 Å². The summed E-state index contributed by atoms with van der Waals surface area (Å²) in [6, 6.07) is 4.52. The molecule has 1 aromatic heterocycles. The molecule has 0 amide bonds. The summed E-state index contributed by atoms with van der Waals surface area (Å²) in [5, 5.41) is 18.4. The first-order valence-electron chi connectivity index (χ1n) is 6.43. The molecule has 0 spiro atoms. The predicted octanol–water partition coefficient (Wildman–Crippen LogP) is 1.92. The van der Waals surface area contributed by atoms with Crippen LogP contribution in [0.4, 0.5) is 5.82 Å². The molecule has 1 fully saturated rings. The fraction of sp³-hybridized carbons (Fsp3) is 0.571. The van der Waals surface area contributed by atoms with Crippen LogP contribution in [0.15, 0.2) is 6.07 Å². The molecular formula is C14H19N3O. The van der Waals surface area contributed by atoms with Crippen LogP contribution in [0.5, 0.6) is 0 Å². The molecule has 1 aliphatic heterocycles. The number of aromatic nitrogens is 1. The number of aliphatic hydroxyl groups excluding tert-OH is 1. The summed E-state index contributed by atoms with van der Waals surface area (Å²) in [6.45, 7) is 5.02. The Balaban J connectivity index is 2.41. The van der Waals surface area contributed by atoms with Crippen molar-refractivity contribution in [2.75, 3.05) is 18.1 Å². The molecule has 0 bridgehead atoms. The van der Waals surface area contributed by atoms with E-state index in [0.29, 0.717) is 11.6 Å². The Kier molecular flexibility index (Phi) is 3.83. The largest absolute Gasteiger partial charge is 0.396 e. The van der Waals surface area contributed by atoms with E-state index in [1.807, 2.05) is 19.9 Å². The minimum Gasteiger partial charge on any atom is -0.396 e. The summed E-state index contributed by atoms with van der Waals surface area (Å²) in [4.78, 5) is 6.73. The molecule has 0 radical (unpaired) electrons. The quantitative estimate of drug-likeness (QED) is 0.883. The highest BCUT2D eigenvalue weighted by molar-refractivity contribution is 5.59. The number of hydrogen-bond acceptors (Lipinski definition) is 4. The molecule has 4 nitrogen and oxygen atoms in total. The maximum atomic E-state index is 9.30. The molecule has 1 aromatic rings. The van der Waals surface area contributed by atoms with E-state index in [2.05, 4.69) is 16.0 Å². The van der Waals surface area contributed by atoms with Crippen LogP contribution in [0.2, 0.25) is 0 Å². The zero-order chi connectivity index (χ0) is 13.1. The molecule has 0 saturated carbocycles. The number of rotatable bonds is 3. The van der Waals surface area contributed by atoms with Crippen LogP contribution >= 0.6 is 0 Å². The average Bonchev–Trinajstić information content (AvgIpc) is 2.76. The molecule has 18 heavy (non-hydrogen) atoms. The maximum Gasteiger partial charge on any atom is 0.147 e. The minimum atomic E-state index is 0.188. The summed E-state index contributed by atoms with van der Waals surface area (Å²) < 4.78 is 0. The summed E-state index contributed by atoms with van der Waals surface area (Å²) in [5.74, 6) is 0.797. The van der Waals surface area contributed by atoms with E-state index in [1.165, 1.54) is 0 Å². The van der Waals surface area contributed by atoms with Crippen LogP contribution in [-0.2, 0) is 0 Å². The highest BCUT2D eigenvalue weighted by atomic mass is 16.3. The fourth-order valence-electron chi connectivity index (χ4n) is 2.73. The SMILES string of the molecule is Cc1cc(C)c(C#N)c(N2CCCC2CCO)n1. The van der Waals surface area contributed by atoms with E-state index in [0.717, 1.165) is 42.9 Å². The van der Waals surface area contributed by atoms with Gasteiger partial charge in [-0.2, -0.15) is 5.26 Å². The highest BCUT2D eigenvalue weighted by Gasteiger charge is 2.27. The number of nitriles is 1. The van der Waals surface area contributed by atoms with Crippen LogP contribution in [-0.4, -0.2) is 29.3 Å². The molecule has 0 aliphatic carbocycles. The number of anilines is 1. The third-order valence-corrected chi connectivity index (χ3v) is 3.55. The number of hydrogen-bond donors (Lipinski definition) is 1. The molecule has 2 rings (SSSR count). The second-order valence-corrected chi connectivity index (χ2v) is 4.89. The Labute approximate surface area is 108 Å². The first-order valence-corrected chi connectivity index (χ1v) is 6.43. The normalized spacial score (nSPS) is 19.0.